The van der Waals surface area contributed by atoms with Crippen molar-refractivity contribution in [2.45, 2.75) is 39.2 Å². The van der Waals surface area contributed by atoms with Gasteiger partial charge < -0.3 is 14.5 Å². The third-order valence-electron chi connectivity index (χ3n) is 2.36. The molecule has 0 radical (unpaired) electrons. The van der Waals surface area contributed by atoms with Crippen molar-refractivity contribution in [2.24, 2.45) is 0 Å². The summed E-state index contributed by atoms with van der Waals surface area (Å²) >= 11 is 0. The summed E-state index contributed by atoms with van der Waals surface area (Å²) in [6.07, 6.45) is 2.51. The Balaban J connectivity index is 2.21. The van der Waals surface area contributed by atoms with Crippen molar-refractivity contribution in [3.63, 3.8) is 0 Å². The molecule has 0 saturated carbocycles. The molecule has 1 aromatic heterocycles. The van der Waals surface area contributed by atoms with Crippen LogP contribution in [0.1, 0.15) is 32.4 Å². The highest BCUT2D eigenvalue weighted by Crippen LogP contribution is 2.04. The van der Waals surface area contributed by atoms with E-state index in [9.17, 15) is 9.59 Å². The molecule has 0 aromatic carbocycles. The third kappa shape index (κ3) is 5.52. The van der Waals surface area contributed by atoms with Crippen molar-refractivity contribution in [3.8, 4) is 0 Å². The lowest BCUT2D eigenvalue weighted by molar-refractivity contribution is -0.144. The van der Waals surface area contributed by atoms with Gasteiger partial charge >= 0.3 is 5.97 Å². The summed E-state index contributed by atoms with van der Waals surface area (Å²) in [5.74, 6) is 0.335. The van der Waals surface area contributed by atoms with Crippen LogP contribution in [0.4, 0.5) is 0 Å². The van der Waals surface area contributed by atoms with Gasteiger partial charge in [0, 0.05) is 18.9 Å². The van der Waals surface area contributed by atoms with Gasteiger partial charge in [-0.25, -0.2) is 0 Å². The Bertz CT molecular complexity index is 372. The maximum Gasteiger partial charge on any atom is 0.306 e. The fourth-order valence-corrected chi connectivity index (χ4v) is 1.58. The normalized spacial score (nSPS) is 11.9. The first-order valence-electron chi connectivity index (χ1n) is 6.09. The summed E-state index contributed by atoms with van der Waals surface area (Å²) in [7, 11) is 0. The zero-order valence-electron chi connectivity index (χ0n) is 10.8. The van der Waals surface area contributed by atoms with Gasteiger partial charge in [0.25, 0.3) is 0 Å². The zero-order chi connectivity index (χ0) is 13.4. The molecule has 1 amide bonds. The van der Waals surface area contributed by atoms with E-state index in [-0.39, 0.29) is 30.8 Å². The van der Waals surface area contributed by atoms with Gasteiger partial charge in [-0.1, -0.05) is 0 Å². The Morgan fingerprint density at radius 2 is 2.22 bits per heavy atom. The molecular formula is C13H19NO4. The van der Waals surface area contributed by atoms with Crippen molar-refractivity contribution in [2.75, 3.05) is 6.61 Å². The predicted octanol–water partition coefficient (Wildman–Crippen LogP) is 1.67. The van der Waals surface area contributed by atoms with Crippen LogP contribution in [0, 0.1) is 0 Å². The van der Waals surface area contributed by atoms with E-state index in [4.69, 9.17) is 9.15 Å². The lowest BCUT2D eigenvalue weighted by Crippen LogP contribution is -2.34. The zero-order valence-corrected chi connectivity index (χ0v) is 10.8. The minimum Gasteiger partial charge on any atom is -0.469 e. The molecule has 0 aliphatic carbocycles. The first kappa shape index (κ1) is 14.3. The van der Waals surface area contributed by atoms with Gasteiger partial charge in [0.05, 0.1) is 19.3 Å². The first-order chi connectivity index (χ1) is 8.61. The number of carbonyl (C=O) groups excluding carboxylic acids is 2. The Morgan fingerprint density at radius 3 is 2.83 bits per heavy atom. The molecule has 18 heavy (non-hydrogen) atoms. The topological polar surface area (TPSA) is 68.5 Å². The van der Waals surface area contributed by atoms with Crippen LogP contribution in [-0.2, 0) is 20.7 Å². The van der Waals surface area contributed by atoms with Crippen LogP contribution in [-0.4, -0.2) is 24.5 Å². The van der Waals surface area contributed by atoms with E-state index in [1.807, 2.05) is 19.1 Å². The Labute approximate surface area is 106 Å². The van der Waals surface area contributed by atoms with E-state index in [2.05, 4.69) is 5.32 Å². The lowest BCUT2D eigenvalue weighted by Gasteiger charge is -2.12. The molecule has 5 nitrogen and oxygen atoms in total. The summed E-state index contributed by atoms with van der Waals surface area (Å²) in [5, 5.41) is 2.81. The monoisotopic (exact) mass is 253 g/mol. The quantitative estimate of drug-likeness (QED) is 0.750. The summed E-state index contributed by atoms with van der Waals surface area (Å²) in [4.78, 5) is 22.6. The van der Waals surface area contributed by atoms with E-state index in [1.54, 1.807) is 13.2 Å². The van der Waals surface area contributed by atoms with Crippen LogP contribution in [0.25, 0.3) is 0 Å². The molecule has 100 valence electrons. The molecule has 0 spiro atoms. The van der Waals surface area contributed by atoms with E-state index >= 15 is 0 Å². The molecule has 0 fully saturated rings. The number of amides is 1. The molecule has 1 heterocycles. The van der Waals surface area contributed by atoms with E-state index in [0.717, 1.165) is 5.76 Å². The van der Waals surface area contributed by atoms with Gasteiger partial charge in [0.1, 0.15) is 5.76 Å². The maximum absolute atomic E-state index is 11.5. The van der Waals surface area contributed by atoms with E-state index in [0.29, 0.717) is 13.0 Å². The molecule has 1 N–H and O–H groups in total. The van der Waals surface area contributed by atoms with Gasteiger partial charge in [-0.05, 0) is 26.0 Å². The number of rotatable bonds is 7. The largest absolute Gasteiger partial charge is 0.469 e. The van der Waals surface area contributed by atoms with Crippen LogP contribution in [0.5, 0.6) is 0 Å². The Hall–Kier alpha value is -1.78. The number of ether oxygens (including phenoxy) is 1. The number of furan rings is 1. The summed E-state index contributed by atoms with van der Waals surface area (Å²) < 4.78 is 9.94. The van der Waals surface area contributed by atoms with Crippen molar-refractivity contribution in [1.29, 1.82) is 0 Å². The summed E-state index contributed by atoms with van der Waals surface area (Å²) in [5.41, 5.74) is 0. The second-order valence-electron chi connectivity index (χ2n) is 4.06. The summed E-state index contributed by atoms with van der Waals surface area (Å²) in [6, 6.07) is 3.65. The van der Waals surface area contributed by atoms with Crippen LogP contribution < -0.4 is 5.32 Å². The minimum absolute atomic E-state index is 0.0224. The van der Waals surface area contributed by atoms with E-state index in [1.165, 1.54) is 0 Å². The lowest BCUT2D eigenvalue weighted by atomic mass is 10.2. The average molecular weight is 253 g/mol. The van der Waals surface area contributed by atoms with Crippen LogP contribution in [0.2, 0.25) is 0 Å². The smallest absolute Gasteiger partial charge is 0.306 e. The maximum atomic E-state index is 11.5. The molecule has 1 unspecified atom stereocenters. The molecule has 0 saturated heterocycles. The number of esters is 1. The highest BCUT2D eigenvalue weighted by Gasteiger charge is 2.11. The second-order valence-corrected chi connectivity index (χ2v) is 4.06. The Morgan fingerprint density at radius 1 is 1.44 bits per heavy atom. The highest BCUT2D eigenvalue weighted by atomic mass is 16.5. The molecule has 1 atom stereocenters. The number of carbonyl (C=O) groups is 2. The fourth-order valence-electron chi connectivity index (χ4n) is 1.58. The van der Waals surface area contributed by atoms with Gasteiger partial charge in [-0.3, -0.25) is 9.59 Å². The van der Waals surface area contributed by atoms with Gasteiger partial charge in [0.2, 0.25) is 5.91 Å². The molecule has 1 aromatic rings. The number of hydrogen-bond acceptors (Lipinski definition) is 4. The van der Waals surface area contributed by atoms with Gasteiger partial charge in [0.15, 0.2) is 0 Å². The fraction of sp³-hybridized carbons (Fsp3) is 0.538. The predicted molar refractivity (Wildman–Crippen MR) is 65.9 cm³/mol. The number of nitrogens with one attached hydrogen (secondary N) is 1. The van der Waals surface area contributed by atoms with Crippen LogP contribution >= 0.6 is 0 Å². The average Bonchev–Trinajstić information content (AvgIpc) is 2.79. The van der Waals surface area contributed by atoms with Crippen molar-refractivity contribution in [3.05, 3.63) is 24.2 Å². The minimum atomic E-state index is -0.341. The standard InChI is InChI=1S/C13H19NO4/c1-3-17-13(16)7-6-12(15)14-10(2)9-11-5-4-8-18-11/h4-5,8,10H,3,6-7,9H2,1-2H3,(H,14,15). The third-order valence-corrected chi connectivity index (χ3v) is 2.36. The van der Waals surface area contributed by atoms with Crippen LogP contribution in [0.3, 0.4) is 0 Å². The molecule has 5 heteroatoms. The SMILES string of the molecule is CCOC(=O)CCC(=O)NC(C)Cc1ccco1. The molecule has 0 aliphatic heterocycles. The van der Waals surface area contributed by atoms with Crippen molar-refractivity contribution in [1.82, 2.24) is 5.32 Å². The highest BCUT2D eigenvalue weighted by molar-refractivity contribution is 5.81. The molecular weight excluding hydrogens is 234 g/mol. The van der Waals surface area contributed by atoms with E-state index < -0.39 is 0 Å². The Kier molecular flexibility index (Phi) is 5.97. The number of hydrogen-bond donors (Lipinski definition) is 1. The molecule has 0 aliphatic rings. The molecule has 0 bridgehead atoms. The molecule has 1 rings (SSSR count). The van der Waals surface area contributed by atoms with Crippen molar-refractivity contribution < 1.29 is 18.7 Å². The summed E-state index contributed by atoms with van der Waals surface area (Å²) in [6.45, 7) is 3.98. The second kappa shape index (κ2) is 7.53. The van der Waals surface area contributed by atoms with Crippen LogP contribution in [0.15, 0.2) is 22.8 Å². The van der Waals surface area contributed by atoms with Gasteiger partial charge in [-0.15, -0.1) is 0 Å². The van der Waals surface area contributed by atoms with Gasteiger partial charge in [-0.2, -0.15) is 0 Å². The van der Waals surface area contributed by atoms with Crippen molar-refractivity contribution >= 4 is 11.9 Å². The first-order valence-corrected chi connectivity index (χ1v) is 6.09.